The lowest BCUT2D eigenvalue weighted by molar-refractivity contribution is -0.132. The molecule has 0 radical (unpaired) electrons. The molecule has 0 bridgehead atoms. The Morgan fingerprint density at radius 3 is 2.56 bits per heavy atom. The highest BCUT2D eigenvalue weighted by atomic mass is 16.3. The predicted octanol–water partition coefficient (Wildman–Crippen LogP) is 2.49. The molecule has 2 aromatic heterocycles. The van der Waals surface area contributed by atoms with Crippen LogP contribution in [0.4, 0.5) is 0 Å². The molecule has 1 aliphatic heterocycles. The Bertz CT molecular complexity index is 1300. The number of hydrogen-bond donors (Lipinski definition) is 1. The number of carbonyl (C=O) groups is 1. The van der Waals surface area contributed by atoms with Crippen molar-refractivity contribution in [2.45, 2.75) is 31.9 Å². The van der Waals surface area contributed by atoms with Crippen molar-refractivity contribution in [1.82, 2.24) is 18.9 Å². The summed E-state index contributed by atoms with van der Waals surface area (Å²) in [5.74, 6) is 0.160. The van der Waals surface area contributed by atoms with Crippen LogP contribution < -0.4 is 5.56 Å². The van der Waals surface area contributed by atoms with Gasteiger partial charge in [0.05, 0.1) is 36.2 Å². The highest BCUT2D eigenvalue weighted by Crippen LogP contribution is 2.23. The van der Waals surface area contributed by atoms with Crippen LogP contribution in [-0.2, 0) is 17.8 Å². The standard InChI is InChI=1S/C25H26N4O3/c30-22(19-10-12-27(13-11-19)24(31)14-18-6-2-1-3-7-18)16-28-23-15-26-17-29(23)21-9-5-4-8-20(21)25(28)32/h1-9,15,17,19,22,30H,10-14,16H2. The molecule has 0 spiro atoms. The van der Waals surface area contributed by atoms with E-state index < -0.39 is 6.10 Å². The number of nitrogens with zero attached hydrogens (tertiary/aromatic N) is 4. The van der Waals surface area contributed by atoms with Gasteiger partial charge in [0, 0.05) is 13.1 Å². The van der Waals surface area contributed by atoms with Crippen LogP contribution in [0.25, 0.3) is 16.6 Å². The van der Waals surface area contributed by atoms with E-state index in [0.29, 0.717) is 30.5 Å². The lowest BCUT2D eigenvalue weighted by Gasteiger charge is -2.34. The van der Waals surface area contributed by atoms with Crippen molar-refractivity contribution in [3.05, 3.63) is 83.0 Å². The van der Waals surface area contributed by atoms with Crippen LogP contribution in [0.2, 0.25) is 0 Å². The van der Waals surface area contributed by atoms with Gasteiger partial charge in [-0.1, -0.05) is 42.5 Å². The lowest BCUT2D eigenvalue weighted by atomic mass is 9.90. The van der Waals surface area contributed by atoms with Crippen molar-refractivity contribution in [2.75, 3.05) is 13.1 Å². The van der Waals surface area contributed by atoms with Gasteiger partial charge in [0.1, 0.15) is 12.0 Å². The topological polar surface area (TPSA) is 79.8 Å². The average Bonchev–Trinajstić information content (AvgIpc) is 3.32. The Morgan fingerprint density at radius 2 is 1.78 bits per heavy atom. The number of piperidine rings is 1. The number of aromatic nitrogens is 3. The number of aliphatic hydroxyl groups excluding tert-OH is 1. The van der Waals surface area contributed by atoms with Gasteiger partial charge in [0.15, 0.2) is 0 Å². The quantitative estimate of drug-likeness (QED) is 0.528. The molecular weight excluding hydrogens is 404 g/mol. The molecule has 5 rings (SSSR count). The fraction of sp³-hybridized carbons (Fsp3) is 0.320. The maximum absolute atomic E-state index is 13.1. The van der Waals surface area contributed by atoms with E-state index in [1.807, 2.05) is 57.8 Å². The highest BCUT2D eigenvalue weighted by Gasteiger charge is 2.28. The minimum atomic E-state index is -0.668. The number of carbonyl (C=O) groups excluding carboxylic acids is 1. The first kappa shape index (κ1) is 20.5. The number of hydrogen-bond acceptors (Lipinski definition) is 4. The predicted molar refractivity (Wildman–Crippen MR) is 122 cm³/mol. The van der Waals surface area contributed by atoms with E-state index in [1.165, 1.54) is 0 Å². The second-order valence-corrected chi connectivity index (χ2v) is 8.50. The zero-order valence-electron chi connectivity index (χ0n) is 17.8. The molecule has 0 saturated carbocycles. The van der Waals surface area contributed by atoms with E-state index in [9.17, 15) is 14.7 Å². The maximum atomic E-state index is 13.1. The molecular formula is C25H26N4O3. The number of para-hydroxylation sites is 1. The second-order valence-electron chi connectivity index (χ2n) is 8.50. The van der Waals surface area contributed by atoms with E-state index in [1.54, 1.807) is 23.2 Å². The van der Waals surface area contributed by atoms with Gasteiger partial charge < -0.3 is 10.0 Å². The van der Waals surface area contributed by atoms with E-state index >= 15 is 0 Å². The molecule has 7 nitrogen and oxygen atoms in total. The molecule has 1 N–H and O–H groups in total. The van der Waals surface area contributed by atoms with Crippen LogP contribution in [0, 0.1) is 5.92 Å². The van der Waals surface area contributed by atoms with E-state index in [4.69, 9.17) is 0 Å². The van der Waals surface area contributed by atoms with Crippen molar-refractivity contribution in [3.8, 4) is 0 Å². The summed E-state index contributed by atoms with van der Waals surface area (Å²) in [6, 6.07) is 17.2. The SMILES string of the molecule is O=C(Cc1ccccc1)N1CCC(C(O)Cn2c(=O)c3ccccc3n3cncc23)CC1. The number of benzene rings is 2. The zero-order chi connectivity index (χ0) is 22.1. The van der Waals surface area contributed by atoms with Gasteiger partial charge in [-0.2, -0.15) is 0 Å². The van der Waals surface area contributed by atoms with Crippen LogP contribution >= 0.6 is 0 Å². The number of aliphatic hydroxyl groups is 1. The Balaban J connectivity index is 1.28. The summed E-state index contributed by atoms with van der Waals surface area (Å²) < 4.78 is 3.50. The first-order chi connectivity index (χ1) is 15.6. The third kappa shape index (κ3) is 3.80. The molecule has 4 aromatic rings. The number of imidazole rings is 1. The first-order valence-electron chi connectivity index (χ1n) is 11.0. The minimum absolute atomic E-state index is 0.0390. The zero-order valence-corrected chi connectivity index (χ0v) is 17.8. The number of likely N-dealkylation sites (tertiary alicyclic amines) is 1. The molecule has 7 heteroatoms. The molecule has 1 aliphatic rings. The summed E-state index contributed by atoms with van der Waals surface area (Å²) in [5.41, 5.74) is 2.37. The summed E-state index contributed by atoms with van der Waals surface area (Å²) in [6.45, 7) is 1.46. The van der Waals surface area contributed by atoms with Crippen LogP contribution in [0.1, 0.15) is 18.4 Å². The lowest BCUT2D eigenvalue weighted by Crippen LogP contribution is -2.43. The molecule has 1 amide bonds. The molecule has 1 fully saturated rings. The monoisotopic (exact) mass is 430 g/mol. The van der Waals surface area contributed by atoms with Gasteiger partial charge in [-0.25, -0.2) is 4.98 Å². The summed E-state index contributed by atoms with van der Waals surface area (Å²) in [4.78, 5) is 31.9. The van der Waals surface area contributed by atoms with Gasteiger partial charge in [0.25, 0.3) is 5.56 Å². The third-order valence-electron chi connectivity index (χ3n) is 6.54. The number of fused-ring (bicyclic) bond motifs is 3. The second kappa shape index (κ2) is 8.59. The summed E-state index contributed by atoms with van der Waals surface area (Å²) in [5, 5.41) is 11.6. The summed E-state index contributed by atoms with van der Waals surface area (Å²) in [6.07, 6.45) is 4.53. The van der Waals surface area contributed by atoms with Gasteiger partial charge in [-0.3, -0.25) is 18.6 Å². The fourth-order valence-electron chi connectivity index (χ4n) is 4.72. The van der Waals surface area contributed by atoms with Crippen molar-refractivity contribution >= 4 is 22.5 Å². The molecule has 1 unspecified atom stereocenters. The van der Waals surface area contributed by atoms with Gasteiger partial charge in [-0.05, 0) is 36.5 Å². The van der Waals surface area contributed by atoms with E-state index in [-0.39, 0.29) is 23.9 Å². The number of rotatable bonds is 5. The van der Waals surface area contributed by atoms with Crippen molar-refractivity contribution in [3.63, 3.8) is 0 Å². The fourth-order valence-corrected chi connectivity index (χ4v) is 4.72. The molecule has 1 saturated heterocycles. The van der Waals surface area contributed by atoms with Crippen LogP contribution in [0.3, 0.4) is 0 Å². The van der Waals surface area contributed by atoms with Gasteiger partial charge >= 0.3 is 0 Å². The van der Waals surface area contributed by atoms with E-state index in [2.05, 4.69) is 4.98 Å². The van der Waals surface area contributed by atoms with Crippen LogP contribution in [0.15, 0.2) is 71.9 Å². The van der Waals surface area contributed by atoms with Gasteiger partial charge in [0.2, 0.25) is 5.91 Å². The highest BCUT2D eigenvalue weighted by molar-refractivity contribution is 5.80. The normalized spacial score (nSPS) is 16.0. The molecule has 32 heavy (non-hydrogen) atoms. The smallest absolute Gasteiger partial charge is 0.261 e. The molecule has 3 heterocycles. The molecule has 164 valence electrons. The van der Waals surface area contributed by atoms with Crippen molar-refractivity contribution in [2.24, 2.45) is 5.92 Å². The van der Waals surface area contributed by atoms with E-state index in [0.717, 1.165) is 23.9 Å². The minimum Gasteiger partial charge on any atom is -0.391 e. The largest absolute Gasteiger partial charge is 0.391 e. The molecule has 1 atom stereocenters. The Kier molecular flexibility index (Phi) is 5.49. The summed E-state index contributed by atoms with van der Waals surface area (Å²) >= 11 is 0. The van der Waals surface area contributed by atoms with Crippen molar-refractivity contribution < 1.29 is 9.90 Å². The van der Waals surface area contributed by atoms with Crippen LogP contribution in [-0.4, -0.2) is 49.1 Å². The molecule has 0 aliphatic carbocycles. The van der Waals surface area contributed by atoms with Gasteiger partial charge in [-0.15, -0.1) is 0 Å². The van der Waals surface area contributed by atoms with Crippen LogP contribution in [0.5, 0.6) is 0 Å². The Morgan fingerprint density at radius 1 is 1.06 bits per heavy atom. The average molecular weight is 431 g/mol. The third-order valence-corrected chi connectivity index (χ3v) is 6.54. The maximum Gasteiger partial charge on any atom is 0.261 e. The first-order valence-corrected chi connectivity index (χ1v) is 11.0. The number of amides is 1. The Hall–Kier alpha value is -3.45. The Labute approximate surface area is 185 Å². The molecule has 2 aromatic carbocycles. The van der Waals surface area contributed by atoms with Crippen molar-refractivity contribution in [1.29, 1.82) is 0 Å². The summed E-state index contributed by atoms with van der Waals surface area (Å²) in [7, 11) is 0.